The van der Waals surface area contributed by atoms with Crippen LogP contribution in [0.5, 0.6) is 0 Å². The second-order valence-corrected chi connectivity index (χ2v) is 7.38. The van der Waals surface area contributed by atoms with E-state index in [9.17, 15) is 13.2 Å². The highest BCUT2D eigenvalue weighted by Crippen LogP contribution is 2.31. The summed E-state index contributed by atoms with van der Waals surface area (Å²) in [4.78, 5) is 13.7. The van der Waals surface area contributed by atoms with Gasteiger partial charge in [0.1, 0.15) is 17.3 Å². The van der Waals surface area contributed by atoms with Crippen molar-refractivity contribution >= 4 is 11.5 Å². The maximum absolute atomic E-state index is 12.8. The Kier molecular flexibility index (Phi) is 5.94. The molecule has 0 aliphatic carbocycles. The highest BCUT2D eigenvalue weighted by Gasteiger charge is 2.30. The topological polar surface area (TPSA) is 55.6 Å². The summed E-state index contributed by atoms with van der Waals surface area (Å²) in [7, 11) is 0. The third-order valence-corrected chi connectivity index (χ3v) is 5.08. The molecule has 0 fully saturated rings. The Morgan fingerprint density at radius 1 is 0.938 bits per heavy atom. The Hall–Kier alpha value is -3.68. The summed E-state index contributed by atoms with van der Waals surface area (Å²) in [5.41, 5.74) is 3.30. The lowest BCUT2D eigenvalue weighted by Crippen LogP contribution is -2.08. The van der Waals surface area contributed by atoms with Crippen molar-refractivity contribution in [3.8, 4) is 11.4 Å². The third-order valence-electron chi connectivity index (χ3n) is 5.08. The molecule has 0 saturated heterocycles. The first-order valence-electron chi connectivity index (χ1n) is 10.2. The predicted octanol–water partition coefficient (Wildman–Crippen LogP) is 6.02. The standard InChI is InChI=1S/C24H22F3N5/c1-3-22-29-16(2)23(32(22)15-17-7-5-4-6-8-17)20-13-28-14-21(31-20)30-19-11-9-18(10-12-19)24(25,26)27/h4-14H,3,15H2,1-2H3,(H,30,31). The second kappa shape index (κ2) is 8.82. The van der Waals surface area contributed by atoms with E-state index in [4.69, 9.17) is 4.98 Å². The summed E-state index contributed by atoms with van der Waals surface area (Å²) in [6.07, 6.45) is -0.396. The number of anilines is 2. The van der Waals surface area contributed by atoms with Crippen molar-refractivity contribution in [2.75, 3.05) is 5.32 Å². The zero-order chi connectivity index (χ0) is 22.7. The number of aryl methyl sites for hydroxylation is 2. The Labute approximate surface area is 184 Å². The number of nitrogens with zero attached hydrogens (tertiary/aromatic N) is 4. The van der Waals surface area contributed by atoms with Crippen LogP contribution >= 0.6 is 0 Å². The van der Waals surface area contributed by atoms with Gasteiger partial charge in [0, 0.05) is 18.7 Å². The Balaban J connectivity index is 1.65. The maximum atomic E-state index is 12.8. The molecule has 4 aromatic rings. The minimum absolute atomic E-state index is 0.437. The average molecular weight is 437 g/mol. The fraction of sp³-hybridized carbons (Fsp3) is 0.208. The highest BCUT2D eigenvalue weighted by molar-refractivity contribution is 5.62. The maximum Gasteiger partial charge on any atom is 0.416 e. The van der Waals surface area contributed by atoms with Gasteiger partial charge in [-0.1, -0.05) is 37.3 Å². The number of imidazole rings is 1. The number of hydrogen-bond donors (Lipinski definition) is 1. The molecule has 0 saturated carbocycles. The molecule has 8 heteroatoms. The van der Waals surface area contributed by atoms with Crippen molar-refractivity contribution < 1.29 is 13.2 Å². The van der Waals surface area contributed by atoms with E-state index in [1.54, 1.807) is 6.20 Å². The molecule has 0 radical (unpaired) electrons. The number of nitrogens with one attached hydrogen (secondary N) is 1. The van der Waals surface area contributed by atoms with Crippen LogP contribution in [0, 0.1) is 6.92 Å². The van der Waals surface area contributed by atoms with E-state index in [2.05, 4.69) is 38.9 Å². The lowest BCUT2D eigenvalue weighted by molar-refractivity contribution is -0.137. The fourth-order valence-electron chi connectivity index (χ4n) is 3.59. The molecule has 0 unspecified atom stereocenters. The smallest absolute Gasteiger partial charge is 0.339 e. The Bertz CT molecular complexity index is 1200. The van der Waals surface area contributed by atoms with Gasteiger partial charge >= 0.3 is 6.18 Å². The number of hydrogen-bond acceptors (Lipinski definition) is 4. The summed E-state index contributed by atoms with van der Waals surface area (Å²) >= 11 is 0. The van der Waals surface area contributed by atoms with Crippen LogP contribution in [0.3, 0.4) is 0 Å². The molecule has 0 atom stereocenters. The summed E-state index contributed by atoms with van der Waals surface area (Å²) in [6.45, 7) is 4.65. The zero-order valence-corrected chi connectivity index (χ0v) is 17.7. The molecule has 1 N–H and O–H groups in total. The van der Waals surface area contributed by atoms with Gasteiger partial charge in [-0.2, -0.15) is 13.2 Å². The molecule has 0 aliphatic rings. The van der Waals surface area contributed by atoms with Gasteiger partial charge in [-0.3, -0.25) is 4.98 Å². The summed E-state index contributed by atoms with van der Waals surface area (Å²) in [5.74, 6) is 1.39. The van der Waals surface area contributed by atoms with Crippen molar-refractivity contribution in [3.63, 3.8) is 0 Å². The van der Waals surface area contributed by atoms with Crippen LogP contribution in [0.15, 0.2) is 67.0 Å². The molecule has 164 valence electrons. The van der Waals surface area contributed by atoms with E-state index in [1.165, 1.54) is 18.3 Å². The molecule has 0 amide bonds. The Morgan fingerprint density at radius 2 is 1.66 bits per heavy atom. The van der Waals surface area contributed by atoms with Crippen molar-refractivity contribution in [2.45, 2.75) is 33.0 Å². The molecule has 2 heterocycles. The molecule has 0 bridgehead atoms. The first-order chi connectivity index (χ1) is 15.3. The number of rotatable bonds is 6. The molecule has 32 heavy (non-hydrogen) atoms. The molecule has 2 aromatic heterocycles. The van der Waals surface area contributed by atoms with E-state index in [1.807, 2.05) is 25.1 Å². The van der Waals surface area contributed by atoms with Crippen molar-refractivity contribution in [3.05, 3.63) is 89.6 Å². The Morgan fingerprint density at radius 3 is 2.31 bits per heavy atom. The molecule has 0 aliphatic heterocycles. The van der Waals surface area contributed by atoms with Crippen molar-refractivity contribution in [2.24, 2.45) is 0 Å². The second-order valence-electron chi connectivity index (χ2n) is 7.38. The SMILES string of the molecule is CCc1nc(C)c(-c2cncc(Nc3ccc(C(F)(F)F)cc3)n2)n1Cc1ccccc1. The van der Waals surface area contributed by atoms with Gasteiger partial charge in [-0.15, -0.1) is 0 Å². The largest absolute Gasteiger partial charge is 0.416 e. The van der Waals surface area contributed by atoms with Crippen LogP contribution in [-0.4, -0.2) is 19.5 Å². The lowest BCUT2D eigenvalue weighted by atomic mass is 10.2. The molecular weight excluding hydrogens is 415 g/mol. The fourth-order valence-corrected chi connectivity index (χ4v) is 3.59. The van der Waals surface area contributed by atoms with Crippen LogP contribution in [0.2, 0.25) is 0 Å². The lowest BCUT2D eigenvalue weighted by Gasteiger charge is -2.13. The van der Waals surface area contributed by atoms with Crippen molar-refractivity contribution in [1.82, 2.24) is 19.5 Å². The number of alkyl halides is 3. The van der Waals surface area contributed by atoms with Crippen LogP contribution in [0.25, 0.3) is 11.4 Å². The molecule has 0 spiro atoms. The average Bonchev–Trinajstić information content (AvgIpc) is 3.09. The predicted molar refractivity (Wildman–Crippen MR) is 118 cm³/mol. The van der Waals surface area contributed by atoms with Gasteiger partial charge in [0.2, 0.25) is 0 Å². The van der Waals surface area contributed by atoms with E-state index >= 15 is 0 Å². The van der Waals surface area contributed by atoms with Crippen molar-refractivity contribution in [1.29, 1.82) is 0 Å². The van der Waals surface area contributed by atoms with Gasteiger partial charge in [-0.05, 0) is 36.8 Å². The van der Waals surface area contributed by atoms with Crippen LogP contribution in [0.1, 0.15) is 29.6 Å². The summed E-state index contributed by atoms with van der Waals surface area (Å²) < 4.78 is 40.5. The summed E-state index contributed by atoms with van der Waals surface area (Å²) in [6, 6.07) is 14.9. The van der Waals surface area contributed by atoms with E-state index in [0.717, 1.165) is 41.3 Å². The van der Waals surface area contributed by atoms with Gasteiger partial charge in [-0.25, -0.2) is 9.97 Å². The first kappa shape index (κ1) is 21.5. The van der Waals surface area contributed by atoms with E-state index in [-0.39, 0.29) is 0 Å². The van der Waals surface area contributed by atoms with Crippen LogP contribution in [-0.2, 0) is 19.1 Å². The van der Waals surface area contributed by atoms with Gasteiger partial charge in [0.15, 0.2) is 0 Å². The monoisotopic (exact) mass is 437 g/mol. The summed E-state index contributed by atoms with van der Waals surface area (Å²) in [5, 5.41) is 3.03. The zero-order valence-electron chi connectivity index (χ0n) is 17.7. The minimum Gasteiger partial charge on any atom is -0.339 e. The molecule has 4 rings (SSSR count). The quantitative estimate of drug-likeness (QED) is 0.401. The van der Waals surface area contributed by atoms with E-state index < -0.39 is 11.7 Å². The number of aromatic nitrogens is 4. The van der Waals surface area contributed by atoms with E-state index in [0.29, 0.717) is 23.7 Å². The highest BCUT2D eigenvalue weighted by atomic mass is 19.4. The normalized spacial score (nSPS) is 11.5. The molecular formula is C24H22F3N5. The molecule has 5 nitrogen and oxygen atoms in total. The first-order valence-corrected chi connectivity index (χ1v) is 10.2. The third kappa shape index (κ3) is 4.64. The van der Waals surface area contributed by atoms with Crippen LogP contribution in [0.4, 0.5) is 24.7 Å². The van der Waals surface area contributed by atoms with Crippen LogP contribution < -0.4 is 5.32 Å². The molecule has 2 aromatic carbocycles. The number of halogens is 3. The minimum atomic E-state index is -4.37. The van der Waals surface area contributed by atoms with Gasteiger partial charge in [0.05, 0.1) is 29.3 Å². The van der Waals surface area contributed by atoms with Gasteiger partial charge < -0.3 is 9.88 Å². The number of benzene rings is 2. The van der Waals surface area contributed by atoms with Gasteiger partial charge in [0.25, 0.3) is 0 Å².